The Balaban J connectivity index is 2.38. The van der Waals surface area contributed by atoms with Crippen molar-refractivity contribution in [1.82, 2.24) is 10.2 Å². The van der Waals surface area contributed by atoms with Crippen molar-refractivity contribution in [2.75, 3.05) is 13.1 Å². The topological polar surface area (TPSA) is 32.3 Å². The van der Waals surface area contributed by atoms with Crippen LogP contribution < -0.4 is 5.32 Å². The third-order valence-electron chi connectivity index (χ3n) is 4.38. The van der Waals surface area contributed by atoms with E-state index in [4.69, 9.17) is 0 Å². The van der Waals surface area contributed by atoms with Crippen molar-refractivity contribution in [3.05, 3.63) is 48.1 Å². The van der Waals surface area contributed by atoms with Crippen molar-refractivity contribution in [3.63, 3.8) is 0 Å². The maximum Gasteiger partial charge on any atom is 0.243 e. The van der Waals surface area contributed by atoms with Gasteiger partial charge in [-0.05, 0) is 63.6 Å². The third kappa shape index (κ3) is 3.35. The largest absolute Gasteiger partial charge is 0.344 e. The van der Waals surface area contributed by atoms with Gasteiger partial charge in [0.1, 0.15) is 0 Å². The molecule has 0 aliphatic carbocycles. The first-order valence-electron chi connectivity index (χ1n) is 7.49. The molecular formula is C17H22F2N2O. The molecule has 0 spiro atoms. The second-order valence-electron chi connectivity index (χ2n) is 6.17. The summed E-state index contributed by atoms with van der Waals surface area (Å²) in [5, 5.41) is 2.86. The molecule has 1 heterocycles. The van der Waals surface area contributed by atoms with Crippen LogP contribution in [-0.4, -0.2) is 29.4 Å². The normalized spacial score (nSPS) is 17.3. The fourth-order valence-electron chi connectivity index (χ4n) is 3.04. The Bertz CT molecular complexity index is 566. The molecule has 1 aromatic rings. The summed E-state index contributed by atoms with van der Waals surface area (Å²) in [6.07, 6.45) is 3.39. The van der Waals surface area contributed by atoms with Gasteiger partial charge in [0.15, 0.2) is 11.6 Å². The first kappa shape index (κ1) is 16.6. The predicted molar refractivity (Wildman–Crippen MR) is 82.3 cm³/mol. The molecular weight excluding hydrogens is 286 g/mol. The number of rotatable bonds is 5. The number of carbonyl (C=O) groups excluding carboxylic acids is 1. The number of hydrogen-bond acceptors (Lipinski definition) is 2. The number of amides is 1. The fraction of sp³-hybridized carbons (Fsp3) is 0.471. The molecule has 120 valence electrons. The Morgan fingerprint density at radius 2 is 1.95 bits per heavy atom. The second kappa shape index (κ2) is 6.57. The summed E-state index contributed by atoms with van der Waals surface area (Å²) >= 11 is 0. The van der Waals surface area contributed by atoms with Crippen molar-refractivity contribution in [2.24, 2.45) is 0 Å². The lowest BCUT2D eigenvalue weighted by atomic mass is 9.86. The summed E-state index contributed by atoms with van der Waals surface area (Å²) < 4.78 is 26.8. The zero-order chi connectivity index (χ0) is 16.3. The minimum Gasteiger partial charge on any atom is -0.344 e. The van der Waals surface area contributed by atoms with Gasteiger partial charge in [-0.15, -0.1) is 0 Å². The standard InChI is InChI=1S/C17H22F2N2O/c1-4-15(22)20-16(12-7-8-13(18)14(19)11-12)17(2,3)21-9-5-6-10-21/h4,7-8,11,16H,1,5-6,9-10H2,2-3H3,(H,20,22). The van der Waals surface area contributed by atoms with Crippen LogP contribution in [0.25, 0.3) is 0 Å². The van der Waals surface area contributed by atoms with Crippen LogP contribution in [0, 0.1) is 11.6 Å². The maximum atomic E-state index is 13.6. The van der Waals surface area contributed by atoms with E-state index in [1.54, 1.807) is 0 Å². The Labute approximate surface area is 130 Å². The molecule has 1 fully saturated rings. The van der Waals surface area contributed by atoms with E-state index in [-0.39, 0.29) is 5.91 Å². The number of hydrogen-bond donors (Lipinski definition) is 1. The number of nitrogens with zero attached hydrogens (tertiary/aromatic N) is 1. The van der Waals surface area contributed by atoms with Crippen molar-refractivity contribution < 1.29 is 13.6 Å². The number of likely N-dealkylation sites (tertiary alicyclic amines) is 1. The van der Waals surface area contributed by atoms with Crippen LogP contribution in [0.5, 0.6) is 0 Å². The predicted octanol–water partition coefficient (Wildman–Crippen LogP) is 3.18. The highest BCUT2D eigenvalue weighted by atomic mass is 19.2. The van der Waals surface area contributed by atoms with Gasteiger partial charge in [-0.25, -0.2) is 8.78 Å². The SMILES string of the molecule is C=CC(=O)NC(c1ccc(F)c(F)c1)C(C)(C)N1CCCC1. The van der Waals surface area contributed by atoms with E-state index in [2.05, 4.69) is 16.8 Å². The van der Waals surface area contributed by atoms with Crippen LogP contribution in [0.3, 0.4) is 0 Å². The molecule has 0 radical (unpaired) electrons. The minimum atomic E-state index is -0.910. The van der Waals surface area contributed by atoms with Crippen molar-refractivity contribution >= 4 is 5.91 Å². The van der Waals surface area contributed by atoms with Crippen LogP contribution in [-0.2, 0) is 4.79 Å². The summed E-state index contributed by atoms with van der Waals surface area (Å²) in [5.74, 6) is -2.13. The molecule has 1 atom stereocenters. The minimum absolute atomic E-state index is 0.331. The molecule has 1 aliphatic heterocycles. The van der Waals surface area contributed by atoms with Crippen molar-refractivity contribution in [3.8, 4) is 0 Å². The monoisotopic (exact) mass is 308 g/mol. The average molecular weight is 308 g/mol. The summed E-state index contributed by atoms with van der Waals surface area (Å²) in [6, 6.07) is 3.31. The first-order chi connectivity index (χ1) is 10.4. The molecule has 1 aromatic carbocycles. The van der Waals surface area contributed by atoms with Crippen LogP contribution in [0.2, 0.25) is 0 Å². The van der Waals surface area contributed by atoms with Gasteiger partial charge in [0.05, 0.1) is 6.04 Å². The highest BCUT2D eigenvalue weighted by Crippen LogP contribution is 2.34. The molecule has 1 unspecified atom stereocenters. The molecule has 1 aliphatic rings. The molecule has 2 rings (SSSR count). The number of carbonyl (C=O) groups is 1. The summed E-state index contributed by atoms with van der Waals surface area (Å²) in [6.45, 7) is 9.33. The average Bonchev–Trinajstić information content (AvgIpc) is 3.02. The van der Waals surface area contributed by atoms with Gasteiger partial charge >= 0.3 is 0 Å². The molecule has 3 nitrogen and oxygen atoms in total. The van der Waals surface area contributed by atoms with Gasteiger partial charge in [0, 0.05) is 5.54 Å². The molecule has 22 heavy (non-hydrogen) atoms. The van der Waals surface area contributed by atoms with Crippen molar-refractivity contribution in [2.45, 2.75) is 38.3 Å². The van der Waals surface area contributed by atoms with Crippen LogP contribution in [0.4, 0.5) is 8.78 Å². The highest BCUT2D eigenvalue weighted by Gasteiger charge is 2.38. The van der Waals surface area contributed by atoms with Gasteiger partial charge in [0.25, 0.3) is 0 Å². The van der Waals surface area contributed by atoms with E-state index in [1.165, 1.54) is 12.1 Å². The van der Waals surface area contributed by atoms with E-state index < -0.39 is 23.2 Å². The van der Waals surface area contributed by atoms with E-state index in [0.717, 1.165) is 38.1 Å². The molecule has 1 N–H and O–H groups in total. The quantitative estimate of drug-likeness (QED) is 0.847. The summed E-state index contributed by atoms with van der Waals surface area (Å²) in [7, 11) is 0. The molecule has 0 aromatic heterocycles. The van der Waals surface area contributed by atoms with Gasteiger partial charge in [-0.3, -0.25) is 9.69 Å². The highest BCUT2D eigenvalue weighted by molar-refractivity contribution is 5.87. The zero-order valence-electron chi connectivity index (χ0n) is 13.0. The Hall–Kier alpha value is -1.75. The number of benzene rings is 1. The van der Waals surface area contributed by atoms with Gasteiger partial charge in [-0.2, -0.15) is 0 Å². The smallest absolute Gasteiger partial charge is 0.243 e. The summed E-state index contributed by atoms with van der Waals surface area (Å²) in [5.41, 5.74) is 0.130. The summed E-state index contributed by atoms with van der Waals surface area (Å²) in [4.78, 5) is 14.1. The number of halogens is 2. The van der Waals surface area contributed by atoms with Gasteiger partial charge in [0.2, 0.25) is 5.91 Å². The van der Waals surface area contributed by atoms with Gasteiger partial charge in [-0.1, -0.05) is 12.6 Å². The molecule has 1 saturated heterocycles. The third-order valence-corrected chi connectivity index (χ3v) is 4.38. The first-order valence-corrected chi connectivity index (χ1v) is 7.49. The zero-order valence-corrected chi connectivity index (χ0v) is 13.0. The van der Waals surface area contributed by atoms with Crippen LogP contribution in [0.1, 0.15) is 38.3 Å². The maximum absolute atomic E-state index is 13.6. The lowest BCUT2D eigenvalue weighted by Crippen LogP contribution is -2.52. The Morgan fingerprint density at radius 1 is 1.32 bits per heavy atom. The van der Waals surface area contributed by atoms with E-state index in [1.807, 2.05) is 13.8 Å². The Kier molecular flexibility index (Phi) is 4.96. The van der Waals surface area contributed by atoms with Crippen LogP contribution >= 0.6 is 0 Å². The van der Waals surface area contributed by atoms with Crippen LogP contribution in [0.15, 0.2) is 30.9 Å². The number of nitrogens with one attached hydrogen (secondary N) is 1. The van der Waals surface area contributed by atoms with E-state index in [9.17, 15) is 13.6 Å². The molecule has 1 amide bonds. The van der Waals surface area contributed by atoms with E-state index in [0.29, 0.717) is 5.56 Å². The lowest BCUT2D eigenvalue weighted by molar-refractivity contribution is -0.118. The molecule has 5 heteroatoms. The fourth-order valence-corrected chi connectivity index (χ4v) is 3.04. The van der Waals surface area contributed by atoms with Gasteiger partial charge < -0.3 is 5.32 Å². The van der Waals surface area contributed by atoms with E-state index >= 15 is 0 Å². The molecule has 0 bridgehead atoms. The lowest BCUT2D eigenvalue weighted by Gasteiger charge is -2.42. The van der Waals surface area contributed by atoms with Crippen molar-refractivity contribution in [1.29, 1.82) is 0 Å². The Morgan fingerprint density at radius 3 is 2.50 bits per heavy atom. The molecule has 0 saturated carbocycles. The second-order valence-corrected chi connectivity index (χ2v) is 6.17.